The molecule has 1 aromatic carbocycles. The van der Waals surface area contributed by atoms with Gasteiger partial charge in [-0.05, 0) is 30.9 Å². The van der Waals surface area contributed by atoms with Crippen LogP contribution in [-0.2, 0) is 10.2 Å². The zero-order valence-corrected chi connectivity index (χ0v) is 13.1. The molecule has 0 saturated heterocycles. The van der Waals surface area contributed by atoms with Crippen molar-refractivity contribution in [3.8, 4) is 0 Å². The van der Waals surface area contributed by atoms with Crippen LogP contribution in [0.1, 0.15) is 24.8 Å². The Kier molecular flexibility index (Phi) is 5.90. The summed E-state index contributed by atoms with van der Waals surface area (Å²) in [5.74, 6) is -1.19. The van der Waals surface area contributed by atoms with Crippen molar-refractivity contribution >= 4 is 6.03 Å². The Morgan fingerprint density at radius 3 is 2.74 bits per heavy atom. The average Bonchev–Trinajstić information content (AvgIpc) is 3.26. The van der Waals surface area contributed by atoms with Crippen LogP contribution in [0.15, 0.2) is 18.2 Å². The first-order valence-corrected chi connectivity index (χ1v) is 7.61. The van der Waals surface area contributed by atoms with Gasteiger partial charge in [-0.3, -0.25) is 0 Å². The third kappa shape index (κ3) is 4.87. The number of methoxy groups -OCH3 is 1. The lowest BCUT2D eigenvalue weighted by atomic mass is 9.95. The Morgan fingerprint density at radius 1 is 1.39 bits per heavy atom. The quantitative estimate of drug-likeness (QED) is 0.680. The normalized spacial score (nSPS) is 16.7. The summed E-state index contributed by atoms with van der Waals surface area (Å²) in [6.45, 7) is 0.826. The average molecular weight is 328 g/mol. The highest BCUT2D eigenvalue weighted by Gasteiger charge is 2.46. The van der Waals surface area contributed by atoms with Crippen LogP contribution in [0.4, 0.5) is 13.6 Å². The maximum absolute atomic E-state index is 13.9. The summed E-state index contributed by atoms with van der Waals surface area (Å²) in [5, 5.41) is 14.8. The predicted octanol–water partition coefficient (Wildman–Crippen LogP) is 1.69. The van der Waals surface area contributed by atoms with E-state index in [1.807, 2.05) is 0 Å². The summed E-state index contributed by atoms with van der Waals surface area (Å²) in [7, 11) is 1.49. The van der Waals surface area contributed by atoms with Gasteiger partial charge in [0.15, 0.2) is 0 Å². The number of urea groups is 1. The second-order valence-corrected chi connectivity index (χ2v) is 5.91. The van der Waals surface area contributed by atoms with Crippen LogP contribution in [0, 0.1) is 11.6 Å². The fraction of sp³-hybridized carbons (Fsp3) is 0.562. The van der Waals surface area contributed by atoms with Gasteiger partial charge >= 0.3 is 6.03 Å². The Hall–Kier alpha value is -1.73. The molecule has 2 rings (SSSR count). The van der Waals surface area contributed by atoms with Crippen molar-refractivity contribution in [2.45, 2.75) is 30.8 Å². The van der Waals surface area contributed by atoms with E-state index in [1.54, 1.807) is 0 Å². The molecule has 1 saturated carbocycles. The van der Waals surface area contributed by atoms with E-state index in [0.717, 1.165) is 18.9 Å². The van der Waals surface area contributed by atoms with E-state index < -0.39 is 23.2 Å². The van der Waals surface area contributed by atoms with Crippen molar-refractivity contribution in [3.63, 3.8) is 0 Å². The van der Waals surface area contributed by atoms with Crippen LogP contribution in [0.5, 0.6) is 0 Å². The van der Waals surface area contributed by atoms with Gasteiger partial charge in [0.2, 0.25) is 0 Å². The van der Waals surface area contributed by atoms with Crippen molar-refractivity contribution in [1.82, 2.24) is 10.6 Å². The van der Waals surface area contributed by atoms with E-state index in [-0.39, 0.29) is 12.6 Å². The molecule has 1 fully saturated rings. The van der Waals surface area contributed by atoms with Crippen molar-refractivity contribution in [2.75, 3.05) is 26.8 Å². The third-order valence-corrected chi connectivity index (χ3v) is 4.07. The van der Waals surface area contributed by atoms with E-state index in [2.05, 4.69) is 10.6 Å². The van der Waals surface area contributed by atoms with E-state index in [9.17, 15) is 18.7 Å². The molecule has 0 bridgehead atoms. The molecule has 1 aromatic rings. The lowest BCUT2D eigenvalue weighted by Crippen LogP contribution is -2.41. The van der Waals surface area contributed by atoms with Crippen LogP contribution in [0.25, 0.3) is 0 Å². The monoisotopic (exact) mass is 328 g/mol. The molecule has 128 valence electrons. The molecule has 0 heterocycles. The molecule has 1 unspecified atom stereocenters. The van der Waals surface area contributed by atoms with Crippen LogP contribution in [0.2, 0.25) is 0 Å². The van der Waals surface area contributed by atoms with Gasteiger partial charge in [0, 0.05) is 31.7 Å². The van der Waals surface area contributed by atoms with Gasteiger partial charge in [0.25, 0.3) is 0 Å². The molecule has 0 aromatic heterocycles. The topological polar surface area (TPSA) is 70.6 Å². The van der Waals surface area contributed by atoms with Crippen LogP contribution in [-0.4, -0.2) is 44.0 Å². The maximum Gasteiger partial charge on any atom is 0.314 e. The molecule has 5 nitrogen and oxygen atoms in total. The van der Waals surface area contributed by atoms with Gasteiger partial charge in [-0.15, -0.1) is 0 Å². The number of carbonyl (C=O) groups excluding carboxylic acids is 1. The smallest absolute Gasteiger partial charge is 0.314 e. The summed E-state index contributed by atoms with van der Waals surface area (Å²) in [6.07, 6.45) is 1.27. The summed E-state index contributed by atoms with van der Waals surface area (Å²) in [5.41, 5.74) is -0.000241. The number of carbonyl (C=O) groups is 1. The van der Waals surface area contributed by atoms with Crippen molar-refractivity contribution in [3.05, 3.63) is 35.4 Å². The first-order chi connectivity index (χ1) is 11.0. The zero-order valence-electron chi connectivity index (χ0n) is 13.1. The number of ether oxygens (including phenoxy) is 1. The number of rotatable bonds is 8. The summed E-state index contributed by atoms with van der Waals surface area (Å²) in [6, 6.07) is 3.17. The van der Waals surface area contributed by atoms with Gasteiger partial charge in [0.05, 0.1) is 12.7 Å². The molecule has 2 amide bonds. The number of hydrogen-bond donors (Lipinski definition) is 3. The molecule has 1 aliphatic rings. The molecule has 23 heavy (non-hydrogen) atoms. The number of nitrogens with one attached hydrogen (secondary N) is 2. The highest BCUT2D eigenvalue weighted by atomic mass is 19.1. The molecule has 1 aliphatic carbocycles. The largest absolute Gasteiger partial charge is 0.391 e. The zero-order chi connectivity index (χ0) is 16.9. The molecule has 3 N–H and O–H groups in total. The first-order valence-electron chi connectivity index (χ1n) is 7.61. The summed E-state index contributed by atoms with van der Waals surface area (Å²) in [4.78, 5) is 11.7. The van der Waals surface area contributed by atoms with Crippen LogP contribution >= 0.6 is 0 Å². The highest BCUT2D eigenvalue weighted by molar-refractivity contribution is 5.74. The van der Waals surface area contributed by atoms with Gasteiger partial charge in [0.1, 0.15) is 11.6 Å². The van der Waals surface area contributed by atoms with E-state index in [1.165, 1.54) is 19.2 Å². The summed E-state index contributed by atoms with van der Waals surface area (Å²) < 4.78 is 31.6. The fourth-order valence-electron chi connectivity index (χ4n) is 2.55. The molecule has 0 radical (unpaired) electrons. The second kappa shape index (κ2) is 7.70. The second-order valence-electron chi connectivity index (χ2n) is 5.91. The van der Waals surface area contributed by atoms with Crippen LogP contribution in [0.3, 0.4) is 0 Å². The van der Waals surface area contributed by atoms with Crippen molar-refractivity contribution < 1.29 is 23.4 Å². The number of aliphatic hydroxyl groups is 1. The minimum atomic E-state index is -0.622. The molecule has 7 heteroatoms. The Morgan fingerprint density at radius 2 is 2.13 bits per heavy atom. The summed E-state index contributed by atoms with van der Waals surface area (Å²) >= 11 is 0. The Bertz CT molecular complexity index is 550. The SMILES string of the molecule is COCC(O)CCNC(=O)NCC1(c2ccc(F)cc2F)CC1. The standard InChI is InChI=1S/C16H22F2N2O3/c1-23-9-12(21)4-7-19-15(22)20-10-16(5-6-16)13-3-2-11(17)8-14(13)18/h2-3,8,12,21H,4-7,9-10H2,1H3,(H2,19,20,22). The highest BCUT2D eigenvalue weighted by Crippen LogP contribution is 2.48. The molecular weight excluding hydrogens is 306 g/mol. The lowest BCUT2D eigenvalue weighted by molar-refractivity contribution is 0.0598. The third-order valence-electron chi connectivity index (χ3n) is 4.07. The predicted molar refractivity (Wildman–Crippen MR) is 81.2 cm³/mol. The maximum atomic E-state index is 13.9. The molecular formula is C16H22F2N2O3. The molecule has 0 spiro atoms. The van der Waals surface area contributed by atoms with Gasteiger partial charge in [-0.1, -0.05) is 6.07 Å². The number of aliphatic hydroxyl groups excluding tert-OH is 1. The van der Waals surface area contributed by atoms with E-state index in [4.69, 9.17) is 4.74 Å². The number of benzene rings is 1. The minimum absolute atomic E-state index is 0.219. The minimum Gasteiger partial charge on any atom is -0.391 e. The lowest BCUT2D eigenvalue weighted by Gasteiger charge is -2.18. The van der Waals surface area contributed by atoms with Gasteiger partial charge in [-0.2, -0.15) is 0 Å². The molecule has 1 atom stereocenters. The van der Waals surface area contributed by atoms with Crippen molar-refractivity contribution in [1.29, 1.82) is 0 Å². The first kappa shape index (κ1) is 17.6. The van der Waals surface area contributed by atoms with Crippen molar-refractivity contribution in [2.24, 2.45) is 0 Å². The van der Waals surface area contributed by atoms with Crippen LogP contribution < -0.4 is 10.6 Å². The van der Waals surface area contributed by atoms with Gasteiger partial charge in [-0.25, -0.2) is 13.6 Å². The number of hydrogen-bond acceptors (Lipinski definition) is 3. The number of halogens is 2. The van der Waals surface area contributed by atoms with E-state index in [0.29, 0.717) is 25.1 Å². The van der Waals surface area contributed by atoms with E-state index >= 15 is 0 Å². The fourth-order valence-corrected chi connectivity index (χ4v) is 2.55. The number of amides is 2. The Labute approximate surface area is 134 Å². The Balaban J connectivity index is 1.78. The van der Waals surface area contributed by atoms with Gasteiger partial charge < -0.3 is 20.5 Å². The molecule has 0 aliphatic heterocycles.